The van der Waals surface area contributed by atoms with Crippen molar-refractivity contribution in [3.05, 3.63) is 58.6 Å². The predicted octanol–water partition coefficient (Wildman–Crippen LogP) is 3.05. The number of benzene rings is 1. The molecule has 0 N–H and O–H groups in total. The Morgan fingerprint density at radius 1 is 1.23 bits per heavy atom. The van der Waals surface area contributed by atoms with E-state index in [-0.39, 0.29) is 24.2 Å². The second-order valence-corrected chi connectivity index (χ2v) is 12.5. The molecule has 3 aliphatic heterocycles. The number of aromatic nitrogens is 2. The van der Waals surface area contributed by atoms with Crippen molar-refractivity contribution in [1.82, 2.24) is 24.7 Å². The molecule has 2 aromatic rings. The van der Waals surface area contributed by atoms with Gasteiger partial charge in [0.15, 0.2) is 0 Å². The average Bonchev–Trinajstić information content (AvgIpc) is 3.60. The molecule has 234 valence electrons. The number of amides is 1. The Morgan fingerprint density at radius 2 is 2.09 bits per heavy atom. The zero-order valence-corrected chi connectivity index (χ0v) is 26.0. The highest BCUT2D eigenvalue weighted by atomic mass is 19.1. The number of likely N-dealkylation sites (N-methyl/N-ethyl adjacent to an activating group) is 2. The number of anilines is 1. The maximum atomic E-state index is 15.4. The van der Waals surface area contributed by atoms with E-state index in [9.17, 15) is 10.1 Å². The van der Waals surface area contributed by atoms with Crippen LogP contribution in [0.5, 0.6) is 6.01 Å². The molecule has 0 radical (unpaired) electrons. The summed E-state index contributed by atoms with van der Waals surface area (Å²) in [6.07, 6.45) is 7.86. The average molecular weight is 604 g/mol. The third-order valence-corrected chi connectivity index (χ3v) is 10.0. The summed E-state index contributed by atoms with van der Waals surface area (Å²) in [5.74, 6) is 0.494. The predicted molar refractivity (Wildman–Crippen MR) is 164 cm³/mol. The number of likely N-dealkylation sites (tertiary alicyclic amines) is 1. The normalized spacial score (nSPS) is 25.4. The lowest BCUT2D eigenvalue weighted by atomic mass is 9.80. The lowest BCUT2D eigenvalue weighted by Gasteiger charge is -2.46. The number of piperazine rings is 1. The molecular weight excluding hydrogens is 561 g/mol. The number of carbonyl (C=O) groups excluding carboxylic acids is 1. The fourth-order valence-electron chi connectivity index (χ4n) is 7.57. The molecule has 4 heterocycles. The van der Waals surface area contributed by atoms with Gasteiger partial charge in [-0.05, 0) is 58.0 Å². The van der Waals surface area contributed by atoms with Gasteiger partial charge in [0, 0.05) is 63.0 Å². The lowest BCUT2D eigenvalue weighted by Crippen LogP contribution is -2.55. The molecule has 6 rings (SSSR count). The first-order chi connectivity index (χ1) is 21.3. The van der Waals surface area contributed by atoms with Gasteiger partial charge >= 0.3 is 6.01 Å². The fraction of sp³-hybridized carbons (Fsp3) is 0.576. The first kappa shape index (κ1) is 30.4. The van der Waals surface area contributed by atoms with Gasteiger partial charge in [0.2, 0.25) is 5.91 Å². The monoisotopic (exact) mass is 603 g/mol. The Kier molecular flexibility index (Phi) is 8.85. The van der Waals surface area contributed by atoms with Gasteiger partial charge in [-0.1, -0.05) is 18.2 Å². The second-order valence-electron chi connectivity index (χ2n) is 12.5. The molecule has 2 saturated heterocycles. The number of nitrogens with zero attached hydrogens (tertiary/aromatic N) is 7. The van der Waals surface area contributed by atoms with Crippen molar-refractivity contribution in [3.8, 4) is 12.1 Å². The van der Waals surface area contributed by atoms with E-state index < -0.39 is 5.54 Å². The van der Waals surface area contributed by atoms with Gasteiger partial charge in [-0.3, -0.25) is 9.69 Å². The Labute approximate surface area is 259 Å². The van der Waals surface area contributed by atoms with Crippen molar-refractivity contribution in [2.75, 3.05) is 65.5 Å². The van der Waals surface area contributed by atoms with Crippen LogP contribution in [-0.4, -0.2) is 103 Å². The van der Waals surface area contributed by atoms with E-state index in [1.165, 1.54) is 6.08 Å². The van der Waals surface area contributed by atoms with E-state index in [0.29, 0.717) is 57.9 Å². The summed E-state index contributed by atoms with van der Waals surface area (Å²) in [4.78, 5) is 31.5. The summed E-state index contributed by atoms with van der Waals surface area (Å²) in [5, 5.41) is 9.64. The van der Waals surface area contributed by atoms with Gasteiger partial charge in [-0.15, -0.1) is 0 Å². The van der Waals surface area contributed by atoms with Gasteiger partial charge in [0.25, 0.3) is 0 Å². The number of hydrogen-bond donors (Lipinski definition) is 0. The summed E-state index contributed by atoms with van der Waals surface area (Å²) in [5.41, 5.74) is 3.26. The topological polar surface area (TPSA) is 98.1 Å². The molecule has 4 aliphatic rings. The smallest absolute Gasteiger partial charge is 0.318 e. The van der Waals surface area contributed by atoms with Gasteiger partial charge < -0.3 is 24.2 Å². The molecule has 1 aromatic carbocycles. The molecule has 11 heteroatoms. The standard InChI is InChI=1S/C33H42FN7O3/c1-38-15-5-8-25(38)22-44-32-36-28-19-33(13-11-23-7-4-9-27(34)30(23)33)39(2)21-26(28)31(37-32)40-16-17-41(24(20-40)12-14-35)29(42)10-6-18-43-3/h4,6-7,9-10,24-25H,5,8,11-13,15-22H2,1-3H3/b10-6+/t24-,25-,33?/m0/s1. The van der Waals surface area contributed by atoms with Crippen LogP contribution in [0.2, 0.25) is 0 Å². The van der Waals surface area contributed by atoms with E-state index in [1.54, 1.807) is 30.2 Å². The summed E-state index contributed by atoms with van der Waals surface area (Å²) >= 11 is 0. The number of fused-ring (bicyclic) bond motifs is 3. The van der Waals surface area contributed by atoms with Crippen molar-refractivity contribution < 1.29 is 18.7 Å². The van der Waals surface area contributed by atoms with Crippen LogP contribution in [0.25, 0.3) is 0 Å². The molecular formula is C33H42FN7O3. The molecule has 0 bridgehead atoms. The first-order valence-electron chi connectivity index (χ1n) is 15.6. The zero-order valence-electron chi connectivity index (χ0n) is 26.0. The van der Waals surface area contributed by atoms with Gasteiger partial charge in [0.05, 0.1) is 36.4 Å². The van der Waals surface area contributed by atoms with Crippen LogP contribution in [0, 0.1) is 17.1 Å². The molecule has 2 fully saturated rings. The van der Waals surface area contributed by atoms with Crippen molar-refractivity contribution in [3.63, 3.8) is 0 Å². The van der Waals surface area contributed by atoms with Crippen LogP contribution < -0.4 is 9.64 Å². The van der Waals surface area contributed by atoms with E-state index >= 15 is 4.39 Å². The van der Waals surface area contributed by atoms with Crippen LogP contribution in [0.3, 0.4) is 0 Å². The quantitative estimate of drug-likeness (QED) is 0.422. The summed E-state index contributed by atoms with van der Waals surface area (Å²) in [6, 6.07) is 8.02. The zero-order chi connectivity index (χ0) is 30.8. The number of halogens is 1. The highest BCUT2D eigenvalue weighted by molar-refractivity contribution is 5.88. The maximum Gasteiger partial charge on any atom is 0.318 e. The summed E-state index contributed by atoms with van der Waals surface area (Å²) in [6.45, 7) is 3.96. The number of carbonyl (C=O) groups is 1. The molecule has 3 atom stereocenters. The van der Waals surface area contributed by atoms with Crippen LogP contribution in [0.15, 0.2) is 30.4 Å². The lowest BCUT2D eigenvalue weighted by molar-refractivity contribution is -0.128. The molecule has 1 spiro atoms. The van der Waals surface area contributed by atoms with Crippen molar-refractivity contribution in [2.45, 2.75) is 62.7 Å². The SMILES string of the molecule is COC/C=C/C(=O)N1CCN(c2nc(OC[C@@H]3CCCN3C)nc3c2CN(C)C2(CCc4cccc(F)c42)C3)C[C@@H]1CC#N. The summed E-state index contributed by atoms with van der Waals surface area (Å²) in [7, 11) is 5.77. The van der Waals surface area contributed by atoms with Crippen LogP contribution in [0.1, 0.15) is 48.1 Å². The highest BCUT2D eigenvalue weighted by Crippen LogP contribution is 2.49. The molecule has 0 saturated carbocycles. The summed E-state index contributed by atoms with van der Waals surface area (Å²) < 4.78 is 26.7. The molecule has 44 heavy (non-hydrogen) atoms. The Bertz CT molecular complexity index is 1460. The van der Waals surface area contributed by atoms with E-state index in [4.69, 9.17) is 19.4 Å². The minimum Gasteiger partial charge on any atom is -0.462 e. The van der Waals surface area contributed by atoms with Crippen molar-refractivity contribution in [2.24, 2.45) is 0 Å². The van der Waals surface area contributed by atoms with Gasteiger partial charge in [-0.2, -0.15) is 15.2 Å². The van der Waals surface area contributed by atoms with Gasteiger partial charge in [0.1, 0.15) is 18.2 Å². The molecule has 1 amide bonds. The van der Waals surface area contributed by atoms with Crippen LogP contribution in [0.4, 0.5) is 10.2 Å². The molecule has 1 aliphatic carbocycles. The number of hydrogen-bond acceptors (Lipinski definition) is 9. The van der Waals surface area contributed by atoms with E-state index in [0.717, 1.165) is 60.4 Å². The Balaban J connectivity index is 1.34. The Hall–Kier alpha value is -3.59. The van der Waals surface area contributed by atoms with Gasteiger partial charge in [-0.25, -0.2) is 4.39 Å². The fourth-order valence-corrected chi connectivity index (χ4v) is 7.57. The minimum absolute atomic E-state index is 0.125. The number of aryl methyl sites for hydroxylation is 1. The minimum atomic E-state index is -0.481. The maximum absolute atomic E-state index is 15.4. The molecule has 1 unspecified atom stereocenters. The number of ether oxygens (including phenoxy) is 2. The number of rotatable bonds is 8. The van der Waals surface area contributed by atoms with Crippen LogP contribution >= 0.6 is 0 Å². The first-order valence-corrected chi connectivity index (χ1v) is 15.6. The van der Waals surface area contributed by atoms with E-state index in [1.807, 2.05) is 6.07 Å². The largest absolute Gasteiger partial charge is 0.462 e. The van der Waals surface area contributed by atoms with Crippen molar-refractivity contribution in [1.29, 1.82) is 5.26 Å². The van der Waals surface area contributed by atoms with E-state index in [2.05, 4.69) is 34.9 Å². The van der Waals surface area contributed by atoms with Crippen LogP contribution in [-0.2, 0) is 34.5 Å². The number of nitriles is 1. The third kappa shape index (κ3) is 5.67. The molecule has 10 nitrogen and oxygen atoms in total. The molecule has 1 aromatic heterocycles. The Morgan fingerprint density at radius 3 is 2.86 bits per heavy atom. The third-order valence-electron chi connectivity index (χ3n) is 10.0. The number of methoxy groups -OCH3 is 1. The highest BCUT2D eigenvalue weighted by Gasteiger charge is 2.48. The van der Waals surface area contributed by atoms with Crippen molar-refractivity contribution >= 4 is 11.7 Å². The second kappa shape index (κ2) is 12.8.